The molecule has 1 rings (SSSR count). The van der Waals surface area contributed by atoms with E-state index in [9.17, 15) is 4.79 Å². The van der Waals surface area contributed by atoms with Crippen LogP contribution < -0.4 is 5.32 Å². The van der Waals surface area contributed by atoms with Crippen LogP contribution in [0.15, 0.2) is 0 Å². The van der Waals surface area contributed by atoms with Crippen molar-refractivity contribution in [1.82, 2.24) is 5.32 Å². The second kappa shape index (κ2) is 6.14. The highest BCUT2D eigenvalue weighted by Gasteiger charge is 2.31. The third-order valence-corrected chi connectivity index (χ3v) is 4.98. The molecule has 0 aromatic heterocycles. The summed E-state index contributed by atoms with van der Waals surface area (Å²) in [7, 11) is 0. The second-order valence-corrected chi connectivity index (χ2v) is 6.93. The zero-order chi connectivity index (χ0) is 11.3. The molecule has 15 heavy (non-hydrogen) atoms. The summed E-state index contributed by atoms with van der Waals surface area (Å²) in [5.41, 5.74) is 0. The van der Waals surface area contributed by atoms with Gasteiger partial charge in [0.2, 0.25) is 5.91 Å². The van der Waals surface area contributed by atoms with Crippen LogP contribution in [0.1, 0.15) is 39.0 Å². The van der Waals surface area contributed by atoms with E-state index in [1.165, 1.54) is 32.1 Å². The fraction of sp³-hybridized carbons (Fsp3) is 0.909. The van der Waals surface area contributed by atoms with Crippen LogP contribution in [0.25, 0.3) is 0 Å². The first-order valence-electron chi connectivity index (χ1n) is 5.56. The summed E-state index contributed by atoms with van der Waals surface area (Å²) in [5.74, 6) is 0.106. The van der Waals surface area contributed by atoms with Crippen molar-refractivity contribution in [2.45, 2.75) is 48.6 Å². The molecule has 0 heterocycles. The molecule has 1 atom stereocenters. The van der Waals surface area contributed by atoms with E-state index >= 15 is 0 Å². The number of amides is 1. The van der Waals surface area contributed by atoms with E-state index in [2.05, 4.69) is 27.5 Å². The number of thioether (sulfide) groups is 1. The lowest BCUT2D eigenvalue weighted by Crippen LogP contribution is -2.43. The van der Waals surface area contributed by atoms with Gasteiger partial charge in [0.05, 0.1) is 4.83 Å². The number of nitrogens with one attached hydrogen (secondary N) is 1. The molecule has 0 bridgehead atoms. The average Bonchev–Trinajstić information content (AvgIpc) is 2.27. The first kappa shape index (κ1) is 13.4. The van der Waals surface area contributed by atoms with E-state index < -0.39 is 0 Å². The Labute approximate surface area is 105 Å². The standard InChI is InChI=1S/C11H20BrNOS/c1-9(12)10(14)13-8-11(15-2)6-4-3-5-7-11/h9H,3-8H2,1-2H3,(H,13,14). The molecule has 2 nitrogen and oxygen atoms in total. The normalized spacial score (nSPS) is 22.1. The summed E-state index contributed by atoms with van der Waals surface area (Å²) in [6.07, 6.45) is 8.61. The maximum Gasteiger partial charge on any atom is 0.233 e. The number of carbonyl (C=O) groups is 1. The van der Waals surface area contributed by atoms with Crippen LogP contribution in [0, 0.1) is 0 Å². The van der Waals surface area contributed by atoms with Crippen molar-refractivity contribution >= 4 is 33.6 Å². The molecular weight excluding hydrogens is 274 g/mol. The van der Waals surface area contributed by atoms with Crippen LogP contribution >= 0.6 is 27.7 Å². The summed E-state index contributed by atoms with van der Waals surface area (Å²) < 4.78 is 0.301. The zero-order valence-corrected chi connectivity index (χ0v) is 11.9. The van der Waals surface area contributed by atoms with Crippen LogP contribution in [0.4, 0.5) is 0 Å². The minimum atomic E-state index is -0.0833. The molecule has 1 fully saturated rings. The zero-order valence-electron chi connectivity index (χ0n) is 9.51. The highest BCUT2D eigenvalue weighted by Crippen LogP contribution is 2.37. The van der Waals surface area contributed by atoms with Crippen molar-refractivity contribution in [1.29, 1.82) is 0 Å². The molecule has 0 radical (unpaired) electrons. The number of hydrogen-bond donors (Lipinski definition) is 1. The van der Waals surface area contributed by atoms with Gasteiger partial charge < -0.3 is 5.32 Å². The predicted molar refractivity (Wildman–Crippen MR) is 70.7 cm³/mol. The lowest BCUT2D eigenvalue weighted by molar-refractivity contribution is -0.120. The van der Waals surface area contributed by atoms with Gasteiger partial charge in [-0.1, -0.05) is 35.2 Å². The Balaban J connectivity index is 2.42. The first-order chi connectivity index (χ1) is 7.09. The molecule has 1 aliphatic rings. The fourth-order valence-electron chi connectivity index (χ4n) is 2.04. The van der Waals surface area contributed by atoms with Crippen molar-refractivity contribution in [3.8, 4) is 0 Å². The van der Waals surface area contributed by atoms with E-state index in [1.54, 1.807) is 0 Å². The van der Waals surface area contributed by atoms with Crippen LogP contribution in [-0.4, -0.2) is 28.3 Å². The minimum Gasteiger partial charge on any atom is -0.354 e. The number of hydrogen-bond acceptors (Lipinski definition) is 2. The van der Waals surface area contributed by atoms with Gasteiger partial charge in [0, 0.05) is 11.3 Å². The van der Waals surface area contributed by atoms with Gasteiger partial charge in [-0.3, -0.25) is 4.79 Å². The van der Waals surface area contributed by atoms with Gasteiger partial charge in [-0.15, -0.1) is 0 Å². The molecule has 0 aromatic rings. The van der Waals surface area contributed by atoms with Crippen molar-refractivity contribution in [2.24, 2.45) is 0 Å². The summed E-state index contributed by atoms with van der Waals surface area (Å²) in [6, 6.07) is 0. The molecule has 1 aliphatic carbocycles. The van der Waals surface area contributed by atoms with E-state index in [0.29, 0.717) is 4.75 Å². The summed E-state index contributed by atoms with van der Waals surface area (Å²) >= 11 is 5.20. The van der Waals surface area contributed by atoms with Crippen LogP contribution in [0.2, 0.25) is 0 Å². The van der Waals surface area contributed by atoms with Gasteiger partial charge in [0.25, 0.3) is 0 Å². The van der Waals surface area contributed by atoms with Gasteiger partial charge >= 0.3 is 0 Å². The number of halogens is 1. The lowest BCUT2D eigenvalue weighted by atomic mass is 9.88. The molecule has 4 heteroatoms. The SMILES string of the molecule is CSC1(CNC(=O)C(C)Br)CCCCC1. The third-order valence-electron chi connectivity index (χ3n) is 3.14. The number of rotatable bonds is 4. The molecule has 0 aromatic carbocycles. The Morgan fingerprint density at radius 2 is 2.07 bits per heavy atom. The van der Waals surface area contributed by atoms with Crippen LogP contribution in [0.3, 0.4) is 0 Å². The fourth-order valence-corrected chi connectivity index (χ4v) is 3.11. The maximum absolute atomic E-state index is 11.5. The Morgan fingerprint density at radius 3 is 2.53 bits per heavy atom. The molecule has 1 unspecified atom stereocenters. The molecule has 0 saturated heterocycles. The lowest BCUT2D eigenvalue weighted by Gasteiger charge is -2.36. The Hall–Kier alpha value is 0.300. The quantitative estimate of drug-likeness (QED) is 0.808. The Kier molecular flexibility index (Phi) is 5.47. The van der Waals surface area contributed by atoms with Crippen LogP contribution in [-0.2, 0) is 4.79 Å². The summed E-state index contributed by atoms with van der Waals surface area (Å²) in [4.78, 5) is 11.4. The maximum atomic E-state index is 11.5. The number of alkyl halides is 1. The molecule has 88 valence electrons. The van der Waals surface area contributed by atoms with Crippen molar-refractivity contribution in [3.05, 3.63) is 0 Å². The molecule has 0 aliphatic heterocycles. The summed E-state index contributed by atoms with van der Waals surface area (Å²) in [5, 5.41) is 3.04. The van der Waals surface area contributed by atoms with Crippen molar-refractivity contribution < 1.29 is 4.79 Å². The van der Waals surface area contributed by atoms with Gasteiger partial charge in [-0.2, -0.15) is 11.8 Å². The van der Waals surface area contributed by atoms with E-state index in [0.717, 1.165) is 6.54 Å². The number of carbonyl (C=O) groups excluding carboxylic acids is 1. The highest BCUT2D eigenvalue weighted by atomic mass is 79.9. The highest BCUT2D eigenvalue weighted by molar-refractivity contribution is 9.10. The molecule has 1 N–H and O–H groups in total. The van der Waals surface area contributed by atoms with Gasteiger partial charge in [0.1, 0.15) is 0 Å². The minimum absolute atomic E-state index is 0.0833. The van der Waals surface area contributed by atoms with E-state index in [-0.39, 0.29) is 10.7 Å². The second-order valence-electron chi connectivity index (χ2n) is 4.28. The van der Waals surface area contributed by atoms with Crippen molar-refractivity contribution in [3.63, 3.8) is 0 Å². The van der Waals surface area contributed by atoms with Gasteiger partial charge in [-0.25, -0.2) is 0 Å². The molecule has 0 spiro atoms. The van der Waals surface area contributed by atoms with E-state index in [1.807, 2.05) is 18.7 Å². The first-order valence-corrected chi connectivity index (χ1v) is 7.71. The molecule has 1 saturated carbocycles. The monoisotopic (exact) mass is 293 g/mol. The van der Waals surface area contributed by atoms with Gasteiger partial charge in [-0.05, 0) is 26.0 Å². The van der Waals surface area contributed by atoms with E-state index in [4.69, 9.17) is 0 Å². The summed E-state index contributed by atoms with van der Waals surface area (Å²) in [6.45, 7) is 2.69. The van der Waals surface area contributed by atoms with Crippen molar-refractivity contribution in [2.75, 3.05) is 12.8 Å². The van der Waals surface area contributed by atoms with Gasteiger partial charge in [0.15, 0.2) is 0 Å². The smallest absolute Gasteiger partial charge is 0.233 e. The average molecular weight is 294 g/mol. The van der Waals surface area contributed by atoms with Crippen LogP contribution in [0.5, 0.6) is 0 Å². The molecular formula is C11H20BrNOS. The Bertz CT molecular complexity index is 215. The topological polar surface area (TPSA) is 29.1 Å². The predicted octanol–water partition coefficient (Wildman–Crippen LogP) is 2.95. The third kappa shape index (κ3) is 3.99. The molecule has 1 amide bonds. The largest absolute Gasteiger partial charge is 0.354 e. The Morgan fingerprint density at radius 1 is 1.47 bits per heavy atom.